The number of hydrogen-bond donors (Lipinski definition) is 2. The number of amides is 2. The monoisotopic (exact) mass is 532 g/mol. The highest BCUT2D eigenvalue weighted by Crippen LogP contribution is 2.45. The second-order valence-electron chi connectivity index (χ2n) is 10.1. The van der Waals surface area contributed by atoms with Crippen molar-refractivity contribution < 1.29 is 33.7 Å². The number of halogens is 1. The molecule has 0 aliphatic carbocycles. The van der Waals surface area contributed by atoms with Gasteiger partial charge in [0.2, 0.25) is 5.91 Å². The SMILES string of the molecule is COc1cccc([C@H]2O[C@H](CC(=O)N[C@@H](C)C(=O)O)C(=O)N(CC(C)(C)C)c3ccc(Cl)cc32)c1OC. The lowest BCUT2D eigenvalue weighted by Gasteiger charge is -2.31. The van der Waals surface area contributed by atoms with Crippen molar-refractivity contribution in [3.05, 3.63) is 52.5 Å². The summed E-state index contributed by atoms with van der Waals surface area (Å²) in [6, 6.07) is 9.39. The van der Waals surface area contributed by atoms with Gasteiger partial charge in [0.1, 0.15) is 18.2 Å². The summed E-state index contributed by atoms with van der Waals surface area (Å²) in [7, 11) is 3.03. The summed E-state index contributed by atoms with van der Waals surface area (Å²) >= 11 is 6.41. The zero-order chi connectivity index (χ0) is 27.5. The third kappa shape index (κ3) is 6.53. The van der Waals surface area contributed by atoms with E-state index in [0.29, 0.717) is 39.9 Å². The highest BCUT2D eigenvalue weighted by atomic mass is 35.5. The van der Waals surface area contributed by atoms with Crippen molar-refractivity contribution in [1.82, 2.24) is 5.32 Å². The molecular weight excluding hydrogens is 500 g/mol. The van der Waals surface area contributed by atoms with Crippen LogP contribution >= 0.6 is 11.6 Å². The molecule has 2 amide bonds. The lowest BCUT2D eigenvalue weighted by molar-refractivity contribution is -0.143. The van der Waals surface area contributed by atoms with E-state index in [-0.39, 0.29) is 11.8 Å². The molecule has 2 N–H and O–H groups in total. The normalized spacial score (nSPS) is 18.5. The molecular formula is C27H33ClN2O7. The molecule has 9 nitrogen and oxygen atoms in total. The number of hydrogen-bond acceptors (Lipinski definition) is 6. The van der Waals surface area contributed by atoms with Crippen LogP contribution in [-0.2, 0) is 19.1 Å². The van der Waals surface area contributed by atoms with Gasteiger partial charge in [-0.3, -0.25) is 14.4 Å². The molecule has 0 unspecified atom stereocenters. The van der Waals surface area contributed by atoms with Crippen LogP contribution in [0.2, 0.25) is 5.02 Å². The third-order valence-electron chi connectivity index (χ3n) is 5.87. The average Bonchev–Trinajstić information content (AvgIpc) is 2.92. The van der Waals surface area contributed by atoms with Crippen LogP contribution in [0.25, 0.3) is 0 Å². The van der Waals surface area contributed by atoms with Gasteiger partial charge >= 0.3 is 5.97 Å². The number of ether oxygens (including phenoxy) is 3. The van der Waals surface area contributed by atoms with Crippen LogP contribution in [0.4, 0.5) is 5.69 Å². The smallest absolute Gasteiger partial charge is 0.325 e. The van der Waals surface area contributed by atoms with Crippen LogP contribution in [0.1, 0.15) is 51.3 Å². The summed E-state index contributed by atoms with van der Waals surface area (Å²) in [5.41, 5.74) is 1.52. The Hall–Kier alpha value is -3.30. The van der Waals surface area contributed by atoms with Crippen LogP contribution in [0.3, 0.4) is 0 Å². The summed E-state index contributed by atoms with van der Waals surface area (Å²) in [6.45, 7) is 7.69. The molecule has 0 bridgehead atoms. The minimum absolute atomic E-state index is 0.287. The highest BCUT2D eigenvalue weighted by Gasteiger charge is 2.40. The maximum absolute atomic E-state index is 13.9. The second kappa shape index (κ2) is 11.4. The molecule has 1 aliphatic rings. The van der Waals surface area contributed by atoms with Gasteiger partial charge in [-0.2, -0.15) is 0 Å². The Morgan fingerprint density at radius 2 is 1.86 bits per heavy atom. The first-order valence-corrected chi connectivity index (χ1v) is 12.2. The second-order valence-corrected chi connectivity index (χ2v) is 10.5. The molecule has 3 rings (SSSR count). The van der Waals surface area contributed by atoms with Crippen molar-refractivity contribution in [3.8, 4) is 11.5 Å². The molecule has 2 aromatic carbocycles. The number of aliphatic carboxylic acids is 1. The van der Waals surface area contributed by atoms with Crippen LogP contribution in [-0.4, -0.2) is 55.8 Å². The van der Waals surface area contributed by atoms with E-state index in [2.05, 4.69) is 5.32 Å². The van der Waals surface area contributed by atoms with Crippen molar-refractivity contribution in [2.45, 2.75) is 52.4 Å². The molecule has 3 atom stereocenters. The number of benzene rings is 2. The van der Waals surface area contributed by atoms with E-state index in [0.717, 1.165) is 0 Å². The standard InChI is InChI=1S/C27H33ClN2O7/c1-15(26(33)34)29-22(31)13-21-25(32)30(14-27(2,3)4)19-11-10-16(28)12-18(19)23(37-21)17-8-7-9-20(35-5)24(17)36-6/h7-12,15,21,23H,13-14H2,1-6H3,(H,29,31)(H,33,34)/t15-,21+,23+/m0/s1. The van der Waals surface area contributed by atoms with Crippen molar-refractivity contribution in [1.29, 1.82) is 0 Å². The zero-order valence-corrected chi connectivity index (χ0v) is 22.6. The molecule has 0 fully saturated rings. The van der Waals surface area contributed by atoms with Gasteiger partial charge in [0.05, 0.1) is 20.6 Å². The number of anilines is 1. The predicted molar refractivity (Wildman–Crippen MR) is 139 cm³/mol. The summed E-state index contributed by atoms with van der Waals surface area (Å²) in [4.78, 5) is 39.5. The maximum atomic E-state index is 13.9. The van der Waals surface area contributed by atoms with Gasteiger partial charge in [0.25, 0.3) is 5.91 Å². The molecule has 1 aliphatic heterocycles. The average molecular weight is 533 g/mol. The number of carboxylic acid groups (broad SMARTS) is 1. The molecule has 0 aromatic heterocycles. The first-order chi connectivity index (χ1) is 17.4. The van der Waals surface area contributed by atoms with Gasteiger partial charge in [-0.15, -0.1) is 0 Å². The van der Waals surface area contributed by atoms with E-state index >= 15 is 0 Å². The summed E-state index contributed by atoms with van der Waals surface area (Å²) in [5, 5.41) is 12.0. The minimum Gasteiger partial charge on any atom is -0.493 e. The first-order valence-electron chi connectivity index (χ1n) is 11.9. The number of carboxylic acids is 1. The predicted octanol–water partition coefficient (Wildman–Crippen LogP) is 4.20. The topological polar surface area (TPSA) is 114 Å². The molecule has 0 saturated heterocycles. The van der Waals surface area contributed by atoms with Crippen molar-refractivity contribution in [2.24, 2.45) is 5.41 Å². The fourth-order valence-corrected chi connectivity index (χ4v) is 4.41. The van der Waals surface area contributed by atoms with Crippen LogP contribution in [0.15, 0.2) is 36.4 Å². The van der Waals surface area contributed by atoms with Crippen molar-refractivity contribution in [3.63, 3.8) is 0 Å². The number of carbonyl (C=O) groups excluding carboxylic acids is 2. The fraction of sp³-hybridized carbons (Fsp3) is 0.444. The van der Waals surface area contributed by atoms with Gasteiger partial charge in [0, 0.05) is 28.4 Å². The summed E-state index contributed by atoms with van der Waals surface area (Å²) in [5.74, 6) is -1.33. The van der Waals surface area contributed by atoms with E-state index in [1.165, 1.54) is 21.1 Å². The van der Waals surface area contributed by atoms with E-state index in [9.17, 15) is 19.5 Å². The van der Waals surface area contributed by atoms with Gasteiger partial charge in [0.15, 0.2) is 11.5 Å². The van der Waals surface area contributed by atoms with E-state index in [4.69, 9.17) is 25.8 Å². The number of carbonyl (C=O) groups is 3. The highest BCUT2D eigenvalue weighted by molar-refractivity contribution is 6.30. The summed E-state index contributed by atoms with van der Waals surface area (Å²) < 4.78 is 17.5. The van der Waals surface area contributed by atoms with Crippen molar-refractivity contribution >= 4 is 35.1 Å². The molecule has 1 heterocycles. The van der Waals surface area contributed by atoms with Gasteiger partial charge in [-0.05, 0) is 36.6 Å². The van der Waals surface area contributed by atoms with Crippen molar-refractivity contribution in [2.75, 3.05) is 25.7 Å². The molecule has 37 heavy (non-hydrogen) atoms. The van der Waals surface area contributed by atoms with Crippen LogP contribution < -0.4 is 19.7 Å². The number of fused-ring (bicyclic) bond motifs is 1. The largest absolute Gasteiger partial charge is 0.493 e. The van der Waals surface area contributed by atoms with E-state index in [1.54, 1.807) is 41.3 Å². The summed E-state index contributed by atoms with van der Waals surface area (Å²) in [6.07, 6.45) is -2.43. The van der Waals surface area contributed by atoms with E-state index in [1.807, 2.05) is 20.8 Å². The lowest BCUT2D eigenvalue weighted by Crippen LogP contribution is -2.46. The Morgan fingerprint density at radius 1 is 1.16 bits per heavy atom. The Kier molecular flexibility index (Phi) is 8.71. The lowest BCUT2D eigenvalue weighted by atomic mass is 9.94. The zero-order valence-electron chi connectivity index (χ0n) is 21.8. The number of para-hydroxylation sites is 1. The number of rotatable bonds is 8. The molecule has 2 aromatic rings. The van der Waals surface area contributed by atoms with Crippen LogP contribution in [0.5, 0.6) is 11.5 Å². The maximum Gasteiger partial charge on any atom is 0.325 e. The minimum atomic E-state index is -1.21. The fourth-order valence-electron chi connectivity index (χ4n) is 4.23. The first kappa shape index (κ1) is 28.3. The van der Waals surface area contributed by atoms with Gasteiger partial charge in [-0.25, -0.2) is 0 Å². The van der Waals surface area contributed by atoms with Crippen LogP contribution in [0, 0.1) is 5.41 Å². The molecule has 200 valence electrons. The van der Waals surface area contributed by atoms with Gasteiger partial charge < -0.3 is 29.5 Å². The molecule has 0 saturated carbocycles. The molecule has 0 radical (unpaired) electrons. The quantitative estimate of drug-likeness (QED) is 0.523. The number of nitrogens with zero attached hydrogens (tertiary/aromatic N) is 1. The number of methoxy groups -OCH3 is 2. The van der Waals surface area contributed by atoms with Gasteiger partial charge in [-0.1, -0.05) is 44.5 Å². The molecule has 10 heteroatoms. The Bertz CT molecular complexity index is 1180. The molecule has 0 spiro atoms. The Morgan fingerprint density at radius 3 is 2.46 bits per heavy atom. The number of nitrogens with one attached hydrogen (secondary N) is 1. The Labute approximate surface area is 221 Å². The van der Waals surface area contributed by atoms with E-state index < -0.39 is 36.0 Å². The third-order valence-corrected chi connectivity index (χ3v) is 6.11. The Balaban J connectivity index is 2.18.